The molecule has 0 N–H and O–H groups in total. The molecule has 0 unspecified atom stereocenters. The highest BCUT2D eigenvalue weighted by atomic mass is 32.2. The second-order valence-corrected chi connectivity index (χ2v) is 9.05. The zero-order valence-electron chi connectivity index (χ0n) is 18.3. The van der Waals surface area contributed by atoms with E-state index in [2.05, 4.69) is 10.2 Å². The average molecular weight is 469 g/mol. The van der Waals surface area contributed by atoms with Crippen LogP contribution in [0.15, 0.2) is 53.7 Å². The first-order chi connectivity index (χ1) is 16.1. The van der Waals surface area contributed by atoms with E-state index in [0.717, 1.165) is 18.6 Å². The summed E-state index contributed by atoms with van der Waals surface area (Å²) < 4.78 is 28.1. The summed E-state index contributed by atoms with van der Waals surface area (Å²) in [6.07, 6.45) is 1.78. The molecule has 2 aromatic carbocycles. The van der Waals surface area contributed by atoms with Gasteiger partial charge in [0.15, 0.2) is 28.6 Å². The van der Waals surface area contributed by atoms with Crippen LogP contribution in [0.2, 0.25) is 0 Å². The van der Waals surface area contributed by atoms with Crippen LogP contribution in [0.1, 0.15) is 25.8 Å². The van der Waals surface area contributed by atoms with Crippen molar-refractivity contribution in [3.05, 3.63) is 54.3 Å². The van der Waals surface area contributed by atoms with Gasteiger partial charge in [-0.2, -0.15) is 0 Å². The Kier molecular flexibility index (Phi) is 6.22. The second kappa shape index (κ2) is 9.43. The minimum atomic E-state index is -0.326. The van der Waals surface area contributed by atoms with Crippen molar-refractivity contribution in [2.45, 2.75) is 37.1 Å². The van der Waals surface area contributed by atoms with Crippen molar-refractivity contribution in [1.29, 1.82) is 0 Å². The molecule has 1 amide bonds. The fourth-order valence-corrected chi connectivity index (χ4v) is 4.80. The van der Waals surface area contributed by atoms with Gasteiger partial charge in [-0.1, -0.05) is 36.0 Å². The lowest BCUT2D eigenvalue weighted by atomic mass is 10.2. The first-order valence-corrected chi connectivity index (χ1v) is 12.1. The zero-order valence-corrected chi connectivity index (χ0v) is 19.1. The fraction of sp³-hybridized carbons (Fsp3) is 0.375. The van der Waals surface area contributed by atoms with E-state index in [1.807, 2.05) is 35.8 Å². The Morgan fingerprint density at radius 1 is 1.15 bits per heavy atom. The smallest absolute Gasteiger partial charge is 0.233 e. The SMILES string of the molecule is CCN(C[C@@H]1COc2ccccc2O1)C(=O)CSc1nnc(-c2ccccc2F)n1C1CC1. The number of rotatable bonds is 8. The van der Waals surface area contributed by atoms with Crippen molar-refractivity contribution in [3.63, 3.8) is 0 Å². The molecule has 2 aliphatic rings. The highest BCUT2D eigenvalue weighted by Crippen LogP contribution is 2.41. The van der Waals surface area contributed by atoms with Gasteiger partial charge >= 0.3 is 0 Å². The maximum atomic E-state index is 14.4. The molecule has 0 radical (unpaired) electrons. The first kappa shape index (κ1) is 21.8. The van der Waals surface area contributed by atoms with Gasteiger partial charge in [-0.3, -0.25) is 9.36 Å². The summed E-state index contributed by atoms with van der Waals surface area (Å²) in [6, 6.07) is 14.4. The van der Waals surface area contributed by atoms with Gasteiger partial charge in [0, 0.05) is 12.6 Å². The number of nitrogens with zero attached hydrogens (tertiary/aromatic N) is 4. The number of halogens is 1. The van der Waals surface area contributed by atoms with Crippen molar-refractivity contribution in [2.24, 2.45) is 0 Å². The molecule has 33 heavy (non-hydrogen) atoms. The number of hydrogen-bond acceptors (Lipinski definition) is 6. The number of hydrogen-bond donors (Lipinski definition) is 0. The third-order valence-corrected chi connectivity index (χ3v) is 6.67. The maximum Gasteiger partial charge on any atom is 0.233 e. The predicted octanol–water partition coefficient (Wildman–Crippen LogP) is 4.20. The molecule has 172 valence electrons. The molecule has 0 saturated heterocycles. The minimum absolute atomic E-state index is 0.0113. The molecule has 1 aliphatic carbocycles. The lowest BCUT2D eigenvalue weighted by Gasteiger charge is -2.30. The van der Waals surface area contributed by atoms with Gasteiger partial charge in [0.1, 0.15) is 12.4 Å². The number of thioether (sulfide) groups is 1. The summed E-state index contributed by atoms with van der Waals surface area (Å²) in [5.41, 5.74) is 0.431. The Balaban J connectivity index is 1.25. The van der Waals surface area contributed by atoms with E-state index >= 15 is 0 Å². The zero-order chi connectivity index (χ0) is 22.8. The molecule has 1 saturated carbocycles. The number of carbonyl (C=O) groups is 1. The number of likely N-dealkylation sites (N-methyl/N-ethyl adjacent to an activating group) is 1. The molecular formula is C24H25FN4O3S. The molecule has 1 fully saturated rings. The summed E-state index contributed by atoms with van der Waals surface area (Å²) >= 11 is 1.34. The molecule has 0 bridgehead atoms. The average Bonchev–Trinajstić information content (AvgIpc) is 3.60. The Morgan fingerprint density at radius 2 is 1.91 bits per heavy atom. The predicted molar refractivity (Wildman–Crippen MR) is 123 cm³/mol. The van der Waals surface area contributed by atoms with E-state index < -0.39 is 0 Å². The van der Waals surface area contributed by atoms with Gasteiger partial charge in [-0.05, 0) is 44.0 Å². The molecular weight excluding hydrogens is 443 g/mol. The van der Waals surface area contributed by atoms with Crippen LogP contribution in [0.3, 0.4) is 0 Å². The lowest BCUT2D eigenvalue weighted by molar-refractivity contribution is -0.129. The van der Waals surface area contributed by atoms with Crippen LogP contribution in [0.25, 0.3) is 11.4 Å². The van der Waals surface area contributed by atoms with Crippen molar-refractivity contribution in [3.8, 4) is 22.9 Å². The summed E-state index contributed by atoms with van der Waals surface area (Å²) in [7, 11) is 0. The fourth-order valence-electron chi connectivity index (χ4n) is 3.89. The molecule has 1 atom stereocenters. The number of benzene rings is 2. The highest BCUT2D eigenvalue weighted by molar-refractivity contribution is 7.99. The first-order valence-electron chi connectivity index (χ1n) is 11.1. The van der Waals surface area contributed by atoms with Gasteiger partial charge in [0.05, 0.1) is 17.9 Å². The van der Waals surface area contributed by atoms with Gasteiger partial charge < -0.3 is 14.4 Å². The van der Waals surface area contributed by atoms with E-state index in [4.69, 9.17) is 9.47 Å². The molecule has 1 aliphatic heterocycles. The van der Waals surface area contributed by atoms with Crippen molar-refractivity contribution >= 4 is 17.7 Å². The maximum absolute atomic E-state index is 14.4. The standard InChI is InChI=1S/C24H25FN4O3S/c1-2-28(13-17-14-31-20-9-5-6-10-21(20)32-17)22(30)15-33-24-27-26-23(29(24)16-11-12-16)18-7-3-4-8-19(18)25/h3-10,16-17H,2,11-15H2,1H3/t17-/m1/s1. The number of para-hydroxylation sites is 2. The van der Waals surface area contributed by atoms with Crippen LogP contribution < -0.4 is 9.47 Å². The summed E-state index contributed by atoms with van der Waals surface area (Å²) in [5, 5.41) is 9.19. The summed E-state index contributed by atoms with van der Waals surface area (Å²) in [4.78, 5) is 14.8. The number of aromatic nitrogens is 3. The van der Waals surface area contributed by atoms with Crippen molar-refractivity contribution < 1.29 is 18.7 Å². The quantitative estimate of drug-likeness (QED) is 0.462. The monoisotopic (exact) mass is 468 g/mol. The van der Waals surface area contributed by atoms with Crippen LogP contribution in [0.4, 0.5) is 4.39 Å². The number of carbonyl (C=O) groups excluding carboxylic acids is 1. The van der Waals surface area contributed by atoms with Crippen LogP contribution in [-0.2, 0) is 4.79 Å². The minimum Gasteiger partial charge on any atom is -0.486 e. The Hall–Kier alpha value is -3.07. The molecule has 9 heteroatoms. The Labute approximate surface area is 195 Å². The van der Waals surface area contributed by atoms with E-state index in [9.17, 15) is 9.18 Å². The van der Waals surface area contributed by atoms with Crippen molar-refractivity contribution in [1.82, 2.24) is 19.7 Å². The van der Waals surface area contributed by atoms with Gasteiger partial charge in [-0.25, -0.2) is 4.39 Å². The van der Waals surface area contributed by atoms with E-state index in [1.54, 1.807) is 23.1 Å². The molecule has 3 aromatic rings. The lowest BCUT2D eigenvalue weighted by Crippen LogP contribution is -2.44. The van der Waals surface area contributed by atoms with Crippen LogP contribution >= 0.6 is 11.8 Å². The van der Waals surface area contributed by atoms with Gasteiger partial charge in [0.2, 0.25) is 5.91 Å². The molecule has 1 aromatic heterocycles. The third kappa shape index (κ3) is 4.68. The topological polar surface area (TPSA) is 69.5 Å². The largest absolute Gasteiger partial charge is 0.486 e. The second-order valence-electron chi connectivity index (χ2n) is 8.11. The normalized spacial score (nSPS) is 17.1. The molecule has 7 nitrogen and oxygen atoms in total. The summed E-state index contributed by atoms with van der Waals surface area (Å²) in [5.74, 6) is 1.83. The van der Waals surface area contributed by atoms with Crippen molar-refractivity contribution in [2.75, 3.05) is 25.4 Å². The molecule has 0 spiro atoms. The third-order valence-electron chi connectivity index (χ3n) is 5.74. The van der Waals surface area contributed by atoms with E-state index in [1.165, 1.54) is 17.8 Å². The van der Waals surface area contributed by atoms with Crippen LogP contribution in [0, 0.1) is 5.82 Å². The van der Waals surface area contributed by atoms with E-state index in [0.29, 0.717) is 42.0 Å². The van der Waals surface area contributed by atoms with E-state index in [-0.39, 0.29) is 29.6 Å². The van der Waals surface area contributed by atoms with Gasteiger partial charge in [-0.15, -0.1) is 10.2 Å². The number of fused-ring (bicyclic) bond motifs is 1. The number of amides is 1. The Morgan fingerprint density at radius 3 is 2.67 bits per heavy atom. The Bertz CT molecular complexity index is 1150. The van der Waals surface area contributed by atoms with Gasteiger partial charge in [0.25, 0.3) is 0 Å². The molecule has 2 heterocycles. The van der Waals surface area contributed by atoms with Crippen LogP contribution in [-0.4, -0.2) is 57.1 Å². The van der Waals surface area contributed by atoms with Crippen LogP contribution in [0.5, 0.6) is 11.5 Å². The summed E-state index contributed by atoms with van der Waals surface area (Å²) in [6.45, 7) is 3.36. The number of ether oxygens (including phenoxy) is 2. The molecule has 5 rings (SSSR count). The highest BCUT2D eigenvalue weighted by Gasteiger charge is 2.31.